The van der Waals surface area contributed by atoms with Gasteiger partial charge in [-0.05, 0) is 57.4 Å². The van der Waals surface area contributed by atoms with Gasteiger partial charge in [-0.15, -0.1) is 0 Å². The average Bonchev–Trinajstić information content (AvgIpc) is 2.35. The molecule has 3 nitrogen and oxygen atoms in total. The molecule has 0 saturated heterocycles. The molecule has 104 valence electrons. The minimum absolute atomic E-state index is 0.107. The van der Waals surface area contributed by atoms with E-state index in [2.05, 4.69) is 13.0 Å². The number of allylic oxidation sites excluding steroid dienone is 3. The Morgan fingerprint density at radius 3 is 2.61 bits per heavy atom. The molecule has 1 rings (SSSR count). The third-order valence-electron chi connectivity index (χ3n) is 4.01. The van der Waals surface area contributed by atoms with E-state index >= 15 is 0 Å². The van der Waals surface area contributed by atoms with Crippen molar-refractivity contribution in [2.45, 2.75) is 51.6 Å². The number of aliphatic hydroxyl groups excluding tert-OH is 2. The van der Waals surface area contributed by atoms with Crippen molar-refractivity contribution >= 4 is 0 Å². The highest BCUT2D eigenvalue weighted by molar-refractivity contribution is 5.07. The molecule has 1 aliphatic rings. The van der Waals surface area contributed by atoms with E-state index in [4.69, 9.17) is 10.2 Å². The minimum Gasteiger partial charge on any atom is -0.392 e. The van der Waals surface area contributed by atoms with Gasteiger partial charge in [-0.2, -0.15) is 0 Å². The lowest BCUT2D eigenvalue weighted by molar-refractivity contribution is -0.0122. The van der Waals surface area contributed by atoms with Gasteiger partial charge in [-0.1, -0.05) is 17.7 Å². The summed E-state index contributed by atoms with van der Waals surface area (Å²) in [5.74, 6) is 0.321. The van der Waals surface area contributed by atoms with Crippen LogP contribution < -0.4 is 0 Å². The molecular formula is C15H26O3. The molecule has 18 heavy (non-hydrogen) atoms. The van der Waals surface area contributed by atoms with Gasteiger partial charge >= 0.3 is 0 Å². The molecule has 3 heteroatoms. The zero-order chi connectivity index (χ0) is 13.6. The van der Waals surface area contributed by atoms with Gasteiger partial charge in [-0.25, -0.2) is 0 Å². The van der Waals surface area contributed by atoms with Crippen LogP contribution >= 0.6 is 0 Å². The van der Waals surface area contributed by atoms with Crippen molar-refractivity contribution in [1.82, 2.24) is 0 Å². The standard InChI is InChI=1S/C15H26O3/c1-12-5-7-14(8-6-12)15(2,18)9-3-4-13(10-16)11-17/h4-5,14,16-18H,3,6-11H2,1-2H3/t14-,15+/m1/s1. The molecule has 0 saturated carbocycles. The van der Waals surface area contributed by atoms with E-state index in [1.165, 1.54) is 5.57 Å². The monoisotopic (exact) mass is 254 g/mol. The summed E-state index contributed by atoms with van der Waals surface area (Å²) in [6.45, 7) is 3.83. The number of hydrogen-bond donors (Lipinski definition) is 3. The number of hydrogen-bond acceptors (Lipinski definition) is 3. The van der Waals surface area contributed by atoms with E-state index in [0.29, 0.717) is 24.3 Å². The fourth-order valence-corrected chi connectivity index (χ4v) is 2.48. The highest BCUT2D eigenvalue weighted by Gasteiger charge is 2.31. The van der Waals surface area contributed by atoms with Crippen LogP contribution in [0.3, 0.4) is 0 Å². The fourth-order valence-electron chi connectivity index (χ4n) is 2.48. The molecule has 0 aromatic carbocycles. The van der Waals surface area contributed by atoms with Crippen LogP contribution in [0.2, 0.25) is 0 Å². The Balaban J connectivity index is 2.47. The molecular weight excluding hydrogens is 228 g/mol. The first-order valence-electron chi connectivity index (χ1n) is 6.77. The largest absolute Gasteiger partial charge is 0.392 e. The molecule has 0 fully saturated rings. The topological polar surface area (TPSA) is 60.7 Å². The number of aliphatic hydroxyl groups is 3. The summed E-state index contributed by atoms with van der Waals surface area (Å²) in [6.07, 6.45) is 8.51. The summed E-state index contributed by atoms with van der Waals surface area (Å²) in [4.78, 5) is 0. The van der Waals surface area contributed by atoms with Crippen LogP contribution in [0.4, 0.5) is 0 Å². The van der Waals surface area contributed by atoms with E-state index in [1.807, 2.05) is 13.0 Å². The zero-order valence-corrected chi connectivity index (χ0v) is 11.5. The summed E-state index contributed by atoms with van der Waals surface area (Å²) in [7, 11) is 0. The van der Waals surface area contributed by atoms with Crippen molar-refractivity contribution in [2.75, 3.05) is 13.2 Å². The summed E-state index contributed by atoms with van der Waals surface area (Å²) < 4.78 is 0. The van der Waals surface area contributed by atoms with Crippen molar-refractivity contribution < 1.29 is 15.3 Å². The van der Waals surface area contributed by atoms with Crippen LogP contribution in [0.25, 0.3) is 0 Å². The Labute approximate surface area is 110 Å². The Kier molecular flexibility index (Phi) is 6.06. The van der Waals surface area contributed by atoms with Gasteiger partial charge in [0.2, 0.25) is 0 Å². The van der Waals surface area contributed by atoms with Crippen molar-refractivity contribution in [3.8, 4) is 0 Å². The maximum Gasteiger partial charge on any atom is 0.0663 e. The Bertz CT molecular complexity index is 310. The maximum atomic E-state index is 10.5. The van der Waals surface area contributed by atoms with Crippen LogP contribution in [0, 0.1) is 5.92 Å². The average molecular weight is 254 g/mol. The van der Waals surface area contributed by atoms with Gasteiger partial charge in [0.15, 0.2) is 0 Å². The highest BCUT2D eigenvalue weighted by Crippen LogP contribution is 2.34. The van der Waals surface area contributed by atoms with E-state index < -0.39 is 5.60 Å². The van der Waals surface area contributed by atoms with Crippen LogP contribution in [-0.2, 0) is 0 Å². The first kappa shape index (κ1) is 15.4. The molecule has 0 spiro atoms. The summed E-state index contributed by atoms with van der Waals surface area (Å²) in [6, 6.07) is 0. The summed E-state index contributed by atoms with van der Waals surface area (Å²) in [5, 5.41) is 28.4. The zero-order valence-electron chi connectivity index (χ0n) is 11.5. The lowest BCUT2D eigenvalue weighted by atomic mass is 9.76. The molecule has 2 atom stereocenters. The second kappa shape index (κ2) is 7.07. The molecule has 0 aromatic rings. The lowest BCUT2D eigenvalue weighted by Crippen LogP contribution is -2.35. The molecule has 0 unspecified atom stereocenters. The summed E-state index contributed by atoms with van der Waals surface area (Å²) in [5.41, 5.74) is 1.39. The third-order valence-corrected chi connectivity index (χ3v) is 4.01. The maximum absolute atomic E-state index is 10.5. The predicted molar refractivity (Wildman–Crippen MR) is 73.2 cm³/mol. The predicted octanol–water partition coefficient (Wildman–Crippen LogP) is 2.17. The quantitative estimate of drug-likeness (QED) is 0.637. The van der Waals surface area contributed by atoms with E-state index in [-0.39, 0.29) is 13.2 Å². The van der Waals surface area contributed by atoms with Gasteiger partial charge < -0.3 is 15.3 Å². The Morgan fingerprint density at radius 2 is 2.11 bits per heavy atom. The van der Waals surface area contributed by atoms with Crippen molar-refractivity contribution in [3.05, 3.63) is 23.3 Å². The SMILES string of the molecule is CC1=CC[C@@H]([C@@](C)(O)CCC=C(CO)CO)CC1. The van der Waals surface area contributed by atoms with Crippen LogP contribution in [0.5, 0.6) is 0 Å². The highest BCUT2D eigenvalue weighted by atomic mass is 16.3. The van der Waals surface area contributed by atoms with Gasteiger partial charge in [-0.3, -0.25) is 0 Å². The fraction of sp³-hybridized carbons (Fsp3) is 0.733. The third kappa shape index (κ3) is 4.56. The van der Waals surface area contributed by atoms with Crippen molar-refractivity contribution in [2.24, 2.45) is 5.92 Å². The van der Waals surface area contributed by atoms with Crippen LogP contribution in [0.15, 0.2) is 23.3 Å². The molecule has 0 radical (unpaired) electrons. The molecule has 3 N–H and O–H groups in total. The molecule has 0 heterocycles. The molecule has 0 aromatic heterocycles. The molecule has 0 amide bonds. The van der Waals surface area contributed by atoms with Crippen molar-refractivity contribution in [1.29, 1.82) is 0 Å². The Hall–Kier alpha value is -0.640. The molecule has 1 aliphatic carbocycles. The van der Waals surface area contributed by atoms with Gasteiger partial charge in [0, 0.05) is 0 Å². The van der Waals surface area contributed by atoms with E-state index in [9.17, 15) is 5.11 Å². The minimum atomic E-state index is -0.663. The normalized spacial score (nSPS) is 23.2. The summed E-state index contributed by atoms with van der Waals surface area (Å²) >= 11 is 0. The lowest BCUT2D eigenvalue weighted by Gasteiger charge is -2.34. The van der Waals surface area contributed by atoms with Gasteiger partial charge in [0.25, 0.3) is 0 Å². The first-order chi connectivity index (χ1) is 8.49. The van der Waals surface area contributed by atoms with Crippen LogP contribution in [-0.4, -0.2) is 34.1 Å². The second-order valence-electron chi connectivity index (χ2n) is 5.60. The van der Waals surface area contributed by atoms with Gasteiger partial charge in [0.05, 0.1) is 18.8 Å². The van der Waals surface area contributed by atoms with Crippen molar-refractivity contribution in [3.63, 3.8) is 0 Å². The number of rotatable bonds is 6. The molecule has 0 aliphatic heterocycles. The van der Waals surface area contributed by atoms with Crippen LogP contribution in [0.1, 0.15) is 46.0 Å². The smallest absolute Gasteiger partial charge is 0.0663 e. The van der Waals surface area contributed by atoms with E-state index in [1.54, 1.807) is 0 Å². The first-order valence-corrected chi connectivity index (χ1v) is 6.77. The van der Waals surface area contributed by atoms with E-state index in [0.717, 1.165) is 19.3 Å². The second-order valence-corrected chi connectivity index (χ2v) is 5.60. The molecule has 0 bridgehead atoms. The Morgan fingerprint density at radius 1 is 1.44 bits per heavy atom. The van der Waals surface area contributed by atoms with Gasteiger partial charge in [0.1, 0.15) is 0 Å².